The fraction of sp³-hybridized carbons (Fsp3) is 0.154. The summed E-state index contributed by atoms with van der Waals surface area (Å²) >= 11 is 0. The van der Waals surface area contributed by atoms with Crippen molar-refractivity contribution in [2.45, 2.75) is 12.5 Å². The Morgan fingerprint density at radius 3 is 3.00 bits per heavy atom. The first-order valence-electron chi connectivity index (χ1n) is 5.17. The number of nitrogens with zero attached hydrogens (tertiary/aromatic N) is 1. The minimum atomic E-state index is -0.122. The molecule has 3 rings (SSSR count). The van der Waals surface area contributed by atoms with E-state index in [1.165, 1.54) is 0 Å². The van der Waals surface area contributed by atoms with Crippen LogP contribution in [-0.4, -0.2) is 4.98 Å². The summed E-state index contributed by atoms with van der Waals surface area (Å²) < 4.78 is 0. The van der Waals surface area contributed by atoms with Gasteiger partial charge in [-0.25, -0.2) is 0 Å². The minimum Gasteiger partial charge on any atom is -0.337 e. The summed E-state index contributed by atoms with van der Waals surface area (Å²) in [6, 6.07) is 11.7. The number of para-hydroxylation sites is 1. The number of hydrogen-bond donors (Lipinski definition) is 0. The van der Waals surface area contributed by atoms with Crippen LogP contribution in [0.2, 0.25) is 0 Å². The normalized spacial score (nSPS) is 18.6. The van der Waals surface area contributed by atoms with E-state index in [0.29, 0.717) is 0 Å². The Bertz CT molecular complexity index is 484. The van der Waals surface area contributed by atoms with E-state index in [9.17, 15) is 0 Å². The van der Waals surface area contributed by atoms with Crippen molar-refractivity contribution in [1.82, 2.24) is 4.98 Å². The summed E-state index contributed by atoms with van der Waals surface area (Å²) in [5.41, 5.74) is 2.06. The Hall–Kier alpha value is -1.87. The summed E-state index contributed by atoms with van der Waals surface area (Å²) in [5.74, 6) is 0.794. The van der Waals surface area contributed by atoms with Crippen LogP contribution in [0.3, 0.4) is 0 Å². The fourth-order valence-corrected chi connectivity index (χ4v) is 1.78. The van der Waals surface area contributed by atoms with Crippen molar-refractivity contribution < 1.29 is 9.78 Å². The number of pyridine rings is 1. The van der Waals surface area contributed by atoms with Gasteiger partial charge in [-0.1, -0.05) is 24.3 Å². The van der Waals surface area contributed by atoms with Crippen LogP contribution in [-0.2, 0) is 11.3 Å². The standard InChI is InChI=1S/C13H10NO2/c1-2-6-12-10(4-1)8-13(16-15-12)11-5-3-7-14-9-11/h1-7,13H,8H2. The lowest BCUT2D eigenvalue weighted by atomic mass is 10.0. The molecular weight excluding hydrogens is 202 g/mol. The molecule has 1 aromatic carbocycles. The molecule has 3 nitrogen and oxygen atoms in total. The summed E-state index contributed by atoms with van der Waals surface area (Å²) in [6.07, 6.45) is 5.28. The van der Waals surface area contributed by atoms with Crippen molar-refractivity contribution in [1.29, 1.82) is 0 Å². The molecule has 3 heteroatoms. The Balaban J connectivity index is 1.89. The molecule has 0 N–H and O–H groups in total. The average molecular weight is 212 g/mol. The van der Waals surface area contributed by atoms with E-state index in [1.54, 1.807) is 6.20 Å². The third-order valence-electron chi connectivity index (χ3n) is 2.61. The van der Waals surface area contributed by atoms with Crippen molar-refractivity contribution in [3.05, 3.63) is 59.9 Å². The molecular formula is C13H10NO2. The van der Waals surface area contributed by atoms with Crippen LogP contribution in [0.25, 0.3) is 0 Å². The number of hydrogen-bond acceptors (Lipinski definition) is 3. The average Bonchev–Trinajstić information content (AvgIpc) is 2.39. The highest BCUT2D eigenvalue weighted by atomic mass is 17.2. The second-order valence-corrected chi connectivity index (χ2v) is 3.68. The maximum absolute atomic E-state index is 5.32. The maximum Gasteiger partial charge on any atom is 0.168 e. The third kappa shape index (κ3) is 1.66. The number of fused-ring (bicyclic) bond motifs is 1. The molecule has 0 saturated carbocycles. The van der Waals surface area contributed by atoms with Gasteiger partial charge in [0.25, 0.3) is 0 Å². The van der Waals surface area contributed by atoms with Crippen LogP contribution in [0.5, 0.6) is 5.75 Å². The highest BCUT2D eigenvalue weighted by Gasteiger charge is 2.22. The van der Waals surface area contributed by atoms with E-state index >= 15 is 0 Å². The fourth-order valence-electron chi connectivity index (χ4n) is 1.78. The quantitative estimate of drug-likeness (QED) is 0.680. The molecule has 1 aliphatic heterocycles. The van der Waals surface area contributed by atoms with Crippen LogP contribution in [0.1, 0.15) is 17.2 Å². The van der Waals surface area contributed by atoms with Gasteiger partial charge in [0.15, 0.2) is 5.75 Å². The maximum atomic E-state index is 5.32. The van der Waals surface area contributed by atoms with Crippen LogP contribution in [0.4, 0.5) is 0 Å². The summed E-state index contributed by atoms with van der Waals surface area (Å²) in [7, 11) is 0. The van der Waals surface area contributed by atoms with Gasteiger partial charge in [-0.05, 0) is 12.1 Å². The second-order valence-electron chi connectivity index (χ2n) is 3.68. The van der Waals surface area contributed by atoms with Crippen molar-refractivity contribution in [2.24, 2.45) is 0 Å². The van der Waals surface area contributed by atoms with E-state index in [1.807, 2.05) is 36.4 Å². The number of aromatic nitrogens is 1. The summed E-state index contributed by atoms with van der Waals surface area (Å²) in [6.45, 7) is 0. The van der Waals surface area contributed by atoms with Gasteiger partial charge in [0.1, 0.15) is 6.10 Å². The predicted octanol–water partition coefficient (Wildman–Crippen LogP) is 2.49. The lowest BCUT2D eigenvalue weighted by Gasteiger charge is -2.23. The SMILES string of the molecule is [c]1ncccc1C1Cc2ccccc2OO1. The third-order valence-corrected chi connectivity index (χ3v) is 2.61. The molecule has 0 spiro atoms. The van der Waals surface area contributed by atoms with E-state index in [-0.39, 0.29) is 6.10 Å². The smallest absolute Gasteiger partial charge is 0.168 e. The molecule has 1 aromatic heterocycles. The van der Waals surface area contributed by atoms with Gasteiger partial charge >= 0.3 is 0 Å². The van der Waals surface area contributed by atoms with Gasteiger partial charge < -0.3 is 4.89 Å². The van der Waals surface area contributed by atoms with Crippen molar-refractivity contribution in [2.75, 3.05) is 0 Å². The van der Waals surface area contributed by atoms with Crippen molar-refractivity contribution in [3.8, 4) is 5.75 Å². The Kier molecular flexibility index (Phi) is 2.31. The molecule has 2 aromatic rings. The zero-order chi connectivity index (χ0) is 10.8. The number of benzene rings is 1. The molecule has 1 unspecified atom stereocenters. The lowest BCUT2D eigenvalue weighted by Crippen LogP contribution is -2.16. The van der Waals surface area contributed by atoms with Gasteiger partial charge in [-0.2, -0.15) is 4.89 Å². The molecule has 0 amide bonds. The van der Waals surface area contributed by atoms with E-state index in [2.05, 4.69) is 11.2 Å². The van der Waals surface area contributed by atoms with Gasteiger partial charge in [-0.15, -0.1) is 0 Å². The van der Waals surface area contributed by atoms with Crippen LogP contribution < -0.4 is 4.89 Å². The van der Waals surface area contributed by atoms with Crippen LogP contribution in [0, 0.1) is 6.20 Å². The van der Waals surface area contributed by atoms with Gasteiger partial charge in [0, 0.05) is 23.7 Å². The predicted molar refractivity (Wildman–Crippen MR) is 57.7 cm³/mol. The topological polar surface area (TPSA) is 31.4 Å². The second kappa shape index (κ2) is 3.94. The minimum absolute atomic E-state index is 0.122. The van der Waals surface area contributed by atoms with Crippen LogP contribution in [0.15, 0.2) is 42.6 Å². The Labute approximate surface area is 93.6 Å². The molecule has 1 aliphatic rings. The van der Waals surface area contributed by atoms with Crippen LogP contribution >= 0.6 is 0 Å². The van der Waals surface area contributed by atoms with E-state index in [4.69, 9.17) is 9.78 Å². The first-order chi connectivity index (χ1) is 7.93. The highest BCUT2D eigenvalue weighted by Crippen LogP contribution is 2.32. The molecule has 0 bridgehead atoms. The van der Waals surface area contributed by atoms with Gasteiger partial charge in [0.2, 0.25) is 0 Å². The van der Waals surface area contributed by atoms with Crippen molar-refractivity contribution in [3.63, 3.8) is 0 Å². The molecule has 0 aliphatic carbocycles. The molecule has 0 saturated heterocycles. The molecule has 79 valence electrons. The summed E-state index contributed by atoms with van der Waals surface area (Å²) in [4.78, 5) is 14.5. The molecule has 2 heterocycles. The summed E-state index contributed by atoms with van der Waals surface area (Å²) in [5, 5.41) is 0. The Morgan fingerprint density at radius 1 is 1.19 bits per heavy atom. The Morgan fingerprint density at radius 2 is 2.12 bits per heavy atom. The zero-order valence-corrected chi connectivity index (χ0v) is 8.59. The van der Waals surface area contributed by atoms with E-state index < -0.39 is 0 Å². The van der Waals surface area contributed by atoms with Gasteiger partial charge in [-0.3, -0.25) is 4.98 Å². The zero-order valence-electron chi connectivity index (χ0n) is 8.59. The largest absolute Gasteiger partial charge is 0.337 e. The highest BCUT2D eigenvalue weighted by molar-refractivity contribution is 5.35. The molecule has 16 heavy (non-hydrogen) atoms. The lowest BCUT2D eigenvalue weighted by molar-refractivity contribution is -0.257. The first-order valence-corrected chi connectivity index (χ1v) is 5.17. The molecule has 0 fully saturated rings. The van der Waals surface area contributed by atoms with Crippen molar-refractivity contribution >= 4 is 0 Å². The van der Waals surface area contributed by atoms with E-state index in [0.717, 1.165) is 23.3 Å². The molecule has 1 radical (unpaired) electrons. The molecule has 1 atom stereocenters. The number of rotatable bonds is 1. The van der Waals surface area contributed by atoms with Gasteiger partial charge in [0.05, 0.1) is 6.20 Å². The monoisotopic (exact) mass is 212 g/mol. The first kappa shape index (κ1) is 9.36.